The van der Waals surface area contributed by atoms with Crippen molar-refractivity contribution in [3.05, 3.63) is 48.2 Å². The molecule has 0 spiro atoms. The van der Waals surface area contributed by atoms with Crippen molar-refractivity contribution in [2.45, 2.75) is 17.1 Å². The molecule has 11 heteroatoms. The zero-order valence-electron chi connectivity index (χ0n) is 12.3. The van der Waals surface area contributed by atoms with E-state index in [1.54, 1.807) is 12.1 Å². The number of fused-ring (bicyclic) bond motifs is 1. The molecule has 7 nitrogen and oxygen atoms in total. The lowest BCUT2D eigenvalue weighted by molar-refractivity contribution is -0.137. The summed E-state index contributed by atoms with van der Waals surface area (Å²) in [7, 11) is 0. The van der Waals surface area contributed by atoms with E-state index in [-0.39, 0.29) is 5.75 Å². The third-order valence-electron chi connectivity index (χ3n) is 3.23. The Balaban J connectivity index is 1.55. The topological polar surface area (TPSA) is 82.2 Å². The fourth-order valence-corrected chi connectivity index (χ4v) is 2.84. The van der Waals surface area contributed by atoms with Gasteiger partial charge in [-0.1, -0.05) is 16.9 Å². The highest BCUT2D eigenvalue weighted by atomic mass is 32.2. The molecule has 0 amide bonds. The lowest BCUT2D eigenvalue weighted by Crippen LogP contribution is -2.06. The highest BCUT2D eigenvalue weighted by Crippen LogP contribution is 2.30. The van der Waals surface area contributed by atoms with Crippen LogP contribution in [0.4, 0.5) is 13.2 Å². The summed E-state index contributed by atoms with van der Waals surface area (Å²) in [6.07, 6.45) is -1.99. The fourth-order valence-electron chi connectivity index (χ4n) is 2.08. The first kappa shape index (κ1) is 15.7. The van der Waals surface area contributed by atoms with E-state index in [9.17, 15) is 13.2 Å². The number of thioether (sulfide) groups is 1. The Hall–Kier alpha value is -2.82. The smallest absolute Gasteiger partial charge is 0.417 e. The molecule has 0 aliphatic heterocycles. The van der Waals surface area contributed by atoms with Crippen molar-refractivity contribution in [2.24, 2.45) is 0 Å². The first-order valence-electron chi connectivity index (χ1n) is 6.92. The molecule has 0 aromatic carbocycles. The van der Waals surface area contributed by atoms with Crippen molar-refractivity contribution in [1.29, 1.82) is 0 Å². The quantitative estimate of drug-likeness (QED) is 0.509. The third-order valence-corrected chi connectivity index (χ3v) is 4.16. The molecule has 4 heterocycles. The second-order valence-corrected chi connectivity index (χ2v) is 5.85. The summed E-state index contributed by atoms with van der Waals surface area (Å²) >= 11 is 1.13. The molecule has 4 rings (SSSR count). The maximum atomic E-state index is 12.8. The lowest BCUT2D eigenvalue weighted by atomic mass is 10.3. The van der Waals surface area contributed by atoms with Crippen molar-refractivity contribution >= 4 is 17.4 Å². The van der Waals surface area contributed by atoms with Crippen LogP contribution in [0.25, 0.3) is 17.2 Å². The second-order valence-electron chi connectivity index (χ2n) is 4.90. The van der Waals surface area contributed by atoms with Gasteiger partial charge in [-0.3, -0.25) is 4.40 Å². The highest BCUT2D eigenvalue weighted by Gasteiger charge is 2.31. The number of hydrogen-bond donors (Lipinski definition) is 0. The summed E-state index contributed by atoms with van der Waals surface area (Å²) in [5.74, 6) is 1.28. The van der Waals surface area contributed by atoms with Gasteiger partial charge < -0.3 is 8.94 Å². The van der Waals surface area contributed by atoms with E-state index in [4.69, 9.17) is 8.94 Å². The van der Waals surface area contributed by atoms with E-state index in [1.165, 1.54) is 16.7 Å². The van der Waals surface area contributed by atoms with Crippen LogP contribution in [-0.4, -0.2) is 24.7 Å². The summed E-state index contributed by atoms with van der Waals surface area (Å²) < 4.78 is 50.0. The van der Waals surface area contributed by atoms with E-state index < -0.39 is 11.7 Å². The maximum absolute atomic E-state index is 12.8. The van der Waals surface area contributed by atoms with Crippen LogP contribution in [0.15, 0.2) is 50.8 Å². The Labute approximate surface area is 141 Å². The van der Waals surface area contributed by atoms with Gasteiger partial charge in [0.1, 0.15) is 0 Å². The zero-order valence-corrected chi connectivity index (χ0v) is 13.1. The normalized spacial score (nSPS) is 12.1. The summed E-state index contributed by atoms with van der Waals surface area (Å²) in [6, 6.07) is 5.61. The van der Waals surface area contributed by atoms with Crippen LogP contribution in [0, 0.1) is 0 Å². The van der Waals surface area contributed by atoms with E-state index >= 15 is 0 Å². The molecule has 0 saturated carbocycles. The van der Waals surface area contributed by atoms with Crippen molar-refractivity contribution in [3.8, 4) is 11.6 Å². The number of halogens is 3. The molecule has 4 aromatic heterocycles. The highest BCUT2D eigenvalue weighted by molar-refractivity contribution is 7.98. The van der Waals surface area contributed by atoms with Gasteiger partial charge in [0.15, 0.2) is 16.6 Å². The molecular formula is C14H8F3N5O2S. The molecule has 0 saturated heterocycles. The number of hydrogen-bond acceptors (Lipinski definition) is 7. The van der Waals surface area contributed by atoms with Gasteiger partial charge >= 0.3 is 6.18 Å². The van der Waals surface area contributed by atoms with E-state index in [1.807, 2.05) is 0 Å². The average molecular weight is 367 g/mol. The van der Waals surface area contributed by atoms with E-state index in [0.717, 1.165) is 24.0 Å². The third kappa shape index (κ3) is 3.09. The number of furan rings is 1. The summed E-state index contributed by atoms with van der Waals surface area (Å²) in [4.78, 5) is 4.16. The second kappa shape index (κ2) is 5.92. The molecule has 0 atom stereocenters. The Morgan fingerprint density at radius 2 is 2.04 bits per heavy atom. The number of pyridine rings is 1. The number of alkyl halides is 3. The largest absolute Gasteiger partial charge is 0.461 e. The minimum absolute atomic E-state index is 0.227. The van der Waals surface area contributed by atoms with Gasteiger partial charge in [-0.05, 0) is 24.3 Å². The zero-order chi connectivity index (χ0) is 17.4. The first-order chi connectivity index (χ1) is 12.0. The predicted molar refractivity (Wildman–Crippen MR) is 79.6 cm³/mol. The Morgan fingerprint density at radius 3 is 2.80 bits per heavy atom. The SMILES string of the molecule is FC(F)(F)c1ccc2nnc(SCc3nc(-c4ccco4)no3)n2c1. The molecule has 0 bridgehead atoms. The lowest BCUT2D eigenvalue weighted by Gasteiger charge is -2.06. The minimum atomic E-state index is -4.44. The predicted octanol–water partition coefficient (Wildman–Crippen LogP) is 3.68. The molecular weight excluding hydrogens is 359 g/mol. The summed E-state index contributed by atoms with van der Waals surface area (Å²) in [6.45, 7) is 0. The number of rotatable bonds is 4. The van der Waals surface area contributed by atoms with Crippen LogP contribution < -0.4 is 0 Å². The molecule has 0 aliphatic rings. The Bertz CT molecular complexity index is 1010. The summed E-state index contributed by atoms with van der Waals surface area (Å²) in [5.41, 5.74) is -0.461. The molecule has 0 N–H and O–H groups in total. The van der Waals surface area contributed by atoms with E-state index in [2.05, 4.69) is 20.3 Å². The number of aromatic nitrogens is 5. The molecule has 128 valence electrons. The first-order valence-corrected chi connectivity index (χ1v) is 7.90. The Kier molecular flexibility index (Phi) is 3.71. The van der Waals surface area contributed by atoms with Crippen LogP contribution in [0.2, 0.25) is 0 Å². The fraction of sp³-hybridized carbons (Fsp3) is 0.143. The van der Waals surface area contributed by atoms with Gasteiger partial charge in [-0.2, -0.15) is 18.2 Å². The van der Waals surface area contributed by atoms with Crippen LogP contribution in [-0.2, 0) is 11.9 Å². The molecule has 0 fully saturated rings. The van der Waals surface area contributed by atoms with Gasteiger partial charge in [-0.25, -0.2) is 0 Å². The van der Waals surface area contributed by atoms with Crippen LogP contribution in [0.1, 0.15) is 11.5 Å². The Morgan fingerprint density at radius 1 is 1.16 bits per heavy atom. The van der Waals surface area contributed by atoms with E-state index in [0.29, 0.717) is 28.3 Å². The molecule has 25 heavy (non-hydrogen) atoms. The van der Waals surface area contributed by atoms with Crippen LogP contribution >= 0.6 is 11.8 Å². The molecule has 0 unspecified atom stereocenters. The van der Waals surface area contributed by atoms with Gasteiger partial charge in [0, 0.05) is 6.20 Å². The molecule has 0 aliphatic carbocycles. The van der Waals surface area contributed by atoms with Gasteiger partial charge in [0.25, 0.3) is 0 Å². The maximum Gasteiger partial charge on any atom is 0.417 e. The van der Waals surface area contributed by atoms with Crippen molar-refractivity contribution in [3.63, 3.8) is 0 Å². The average Bonchev–Trinajstić information content (AvgIpc) is 3.31. The van der Waals surface area contributed by atoms with Gasteiger partial charge in [-0.15, -0.1) is 10.2 Å². The van der Waals surface area contributed by atoms with Crippen LogP contribution in [0.3, 0.4) is 0 Å². The standard InChI is InChI=1S/C14H8F3N5O2S/c15-14(16,17)8-3-4-10-19-20-13(22(10)6-8)25-7-11-18-12(21-24-11)9-2-1-5-23-9/h1-6H,7H2. The van der Waals surface area contributed by atoms with Crippen LogP contribution in [0.5, 0.6) is 0 Å². The summed E-state index contributed by atoms with van der Waals surface area (Å²) in [5, 5.41) is 11.8. The monoisotopic (exact) mass is 367 g/mol. The molecule has 4 aromatic rings. The van der Waals surface area contributed by atoms with Gasteiger partial charge in [0.05, 0.1) is 17.6 Å². The minimum Gasteiger partial charge on any atom is -0.461 e. The van der Waals surface area contributed by atoms with Crippen molar-refractivity contribution in [1.82, 2.24) is 24.7 Å². The van der Waals surface area contributed by atoms with Crippen molar-refractivity contribution in [2.75, 3.05) is 0 Å². The van der Waals surface area contributed by atoms with Crippen molar-refractivity contribution < 1.29 is 22.1 Å². The van der Waals surface area contributed by atoms with Gasteiger partial charge in [0.2, 0.25) is 11.7 Å². The molecule has 0 radical (unpaired) electrons. The number of nitrogens with zero attached hydrogens (tertiary/aromatic N) is 5.